The van der Waals surface area contributed by atoms with Gasteiger partial charge >= 0.3 is 6.18 Å². The van der Waals surface area contributed by atoms with Crippen LogP contribution in [0.2, 0.25) is 0 Å². The van der Waals surface area contributed by atoms with Crippen molar-refractivity contribution in [2.24, 2.45) is 5.92 Å². The molecule has 1 aliphatic rings. The molecule has 0 atom stereocenters. The molecule has 0 radical (unpaired) electrons. The Kier molecular flexibility index (Phi) is 5.43. The zero-order chi connectivity index (χ0) is 22.3. The number of fused-ring (bicyclic) bond motifs is 3. The lowest BCUT2D eigenvalue weighted by atomic mass is 9.99. The predicted molar refractivity (Wildman–Crippen MR) is 110 cm³/mol. The SMILES string of the molecule is COc1ccc(-c2c(C(F)(F)F)oc3c4c(ccc3c2=O)OCN(CC(C)C)C4)cc1. The van der Waals surface area contributed by atoms with Crippen LogP contribution >= 0.6 is 0 Å². The van der Waals surface area contributed by atoms with Gasteiger partial charge in [-0.25, -0.2) is 0 Å². The van der Waals surface area contributed by atoms with Crippen molar-refractivity contribution >= 4 is 11.0 Å². The molecule has 0 saturated carbocycles. The summed E-state index contributed by atoms with van der Waals surface area (Å²) in [5, 5.41) is 0.0903. The van der Waals surface area contributed by atoms with E-state index in [2.05, 4.69) is 0 Å². The molecular weight excluding hydrogens is 411 g/mol. The molecule has 0 amide bonds. The molecule has 8 heteroatoms. The number of halogens is 3. The van der Waals surface area contributed by atoms with E-state index in [0.717, 1.165) is 0 Å². The van der Waals surface area contributed by atoms with Gasteiger partial charge in [-0.1, -0.05) is 26.0 Å². The summed E-state index contributed by atoms with van der Waals surface area (Å²) in [5.41, 5.74) is -0.770. The second-order valence-electron chi connectivity index (χ2n) is 7.96. The van der Waals surface area contributed by atoms with Crippen LogP contribution in [0.1, 0.15) is 25.2 Å². The van der Waals surface area contributed by atoms with Gasteiger partial charge in [-0.2, -0.15) is 13.2 Å². The first kappa shape index (κ1) is 21.2. The molecule has 2 aromatic carbocycles. The zero-order valence-corrected chi connectivity index (χ0v) is 17.4. The number of hydrogen-bond donors (Lipinski definition) is 0. The Labute approximate surface area is 177 Å². The highest BCUT2D eigenvalue weighted by molar-refractivity contribution is 5.87. The van der Waals surface area contributed by atoms with Crippen molar-refractivity contribution in [2.75, 3.05) is 20.4 Å². The summed E-state index contributed by atoms with van der Waals surface area (Å²) in [4.78, 5) is 15.2. The van der Waals surface area contributed by atoms with E-state index < -0.39 is 22.9 Å². The number of methoxy groups -OCH3 is 1. The molecule has 2 heterocycles. The molecule has 0 spiro atoms. The predicted octanol–water partition coefficient (Wildman–Crippen LogP) is 5.30. The summed E-state index contributed by atoms with van der Waals surface area (Å²) in [6.07, 6.45) is -4.85. The summed E-state index contributed by atoms with van der Waals surface area (Å²) in [6, 6.07) is 8.92. The molecular formula is C23H22F3NO4. The monoisotopic (exact) mass is 433 g/mol. The van der Waals surface area contributed by atoms with E-state index in [0.29, 0.717) is 42.8 Å². The first-order chi connectivity index (χ1) is 14.7. The van der Waals surface area contributed by atoms with E-state index in [1.54, 1.807) is 6.07 Å². The minimum Gasteiger partial charge on any atom is -0.497 e. The molecule has 0 aliphatic carbocycles. The normalized spacial score (nSPS) is 14.5. The van der Waals surface area contributed by atoms with Gasteiger partial charge in [0.15, 0.2) is 0 Å². The van der Waals surface area contributed by atoms with Crippen LogP contribution in [0.5, 0.6) is 11.5 Å². The third-order valence-electron chi connectivity index (χ3n) is 5.16. The van der Waals surface area contributed by atoms with Crippen LogP contribution in [0.4, 0.5) is 13.2 Å². The average molecular weight is 433 g/mol. The lowest BCUT2D eigenvalue weighted by Crippen LogP contribution is -2.35. The summed E-state index contributed by atoms with van der Waals surface area (Å²) in [6.45, 7) is 5.46. The average Bonchev–Trinajstić information content (AvgIpc) is 2.72. The lowest BCUT2D eigenvalue weighted by molar-refractivity contribution is -0.152. The Morgan fingerprint density at radius 1 is 1.13 bits per heavy atom. The van der Waals surface area contributed by atoms with Crippen molar-refractivity contribution in [3.63, 3.8) is 0 Å². The van der Waals surface area contributed by atoms with Crippen molar-refractivity contribution in [1.29, 1.82) is 0 Å². The number of rotatable bonds is 4. The summed E-state index contributed by atoms with van der Waals surface area (Å²) in [5.74, 6) is -0.0657. The summed E-state index contributed by atoms with van der Waals surface area (Å²) < 4.78 is 58.1. The highest BCUT2D eigenvalue weighted by Gasteiger charge is 2.40. The molecule has 164 valence electrons. The molecule has 0 unspecified atom stereocenters. The van der Waals surface area contributed by atoms with Crippen LogP contribution < -0.4 is 14.9 Å². The fourth-order valence-electron chi connectivity index (χ4n) is 3.86. The fourth-order valence-corrected chi connectivity index (χ4v) is 3.86. The van der Waals surface area contributed by atoms with Crippen LogP contribution in [0.15, 0.2) is 45.6 Å². The Bertz CT molecular complexity index is 1170. The van der Waals surface area contributed by atoms with Crippen LogP contribution in [-0.4, -0.2) is 25.3 Å². The van der Waals surface area contributed by atoms with Crippen molar-refractivity contribution in [1.82, 2.24) is 4.90 Å². The number of alkyl halides is 3. The van der Waals surface area contributed by atoms with Crippen molar-refractivity contribution in [2.45, 2.75) is 26.6 Å². The summed E-state index contributed by atoms with van der Waals surface area (Å²) >= 11 is 0. The first-order valence-electron chi connectivity index (χ1n) is 9.88. The van der Waals surface area contributed by atoms with Gasteiger partial charge in [-0.3, -0.25) is 9.69 Å². The molecule has 1 aliphatic heterocycles. The number of nitrogens with zero attached hydrogens (tertiary/aromatic N) is 1. The van der Waals surface area contributed by atoms with Crippen LogP contribution in [-0.2, 0) is 12.7 Å². The molecule has 3 aromatic rings. The second kappa shape index (κ2) is 7.92. The van der Waals surface area contributed by atoms with Gasteiger partial charge in [0.2, 0.25) is 11.2 Å². The molecule has 5 nitrogen and oxygen atoms in total. The second-order valence-corrected chi connectivity index (χ2v) is 7.96. The van der Waals surface area contributed by atoms with E-state index in [1.807, 2.05) is 18.7 Å². The molecule has 0 N–H and O–H groups in total. The van der Waals surface area contributed by atoms with E-state index in [-0.39, 0.29) is 16.5 Å². The quantitative estimate of drug-likeness (QED) is 0.559. The maximum absolute atomic E-state index is 14.0. The maximum Gasteiger partial charge on any atom is 0.450 e. The van der Waals surface area contributed by atoms with Crippen molar-refractivity contribution in [3.05, 3.63) is 57.9 Å². The molecule has 1 aromatic heterocycles. The number of benzene rings is 2. The third kappa shape index (κ3) is 3.99. The third-order valence-corrected chi connectivity index (χ3v) is 5.16. The maximum atomic E-state index is 14.0. The first-order valence-corrected chi connectivity index (χ1v) is 9.88. The van der Waals surface area contributed by atoms with Crippen LogP contribution in [0.3, 0.4) is 0 Å². The van der Waals surface area contributed by atoms with E-state index in [4.69, 9.17) is 13.9 Å². The minimum absolute atomic E-state index is 0.0828. The zero-order valence-electron chi connectivity index (χ0n) is 17.4. The van der Waals surface area contributed by atoms with Gasteiger partial charge in [0.05, 0.1) is 23.6 Å². The highest BCUT2D eigenvalue weighted by Crippen LogP contribution is 2.40. The van der Waals surface area contributed by atoms with Gasteiger partial charge in [-0.15, -0.1) is 0 Å². The van der Waals surface area contributed by atoms with E-state index in [1.165, 1.54) is 37.4 Å². The smallest absolute Gasteiger partial charge is 0.450 e. The van der Waals surface area contributed by atoms with Gasteiger partial charge in [0.1, 0.15) is 23.8 Å². The number of hydrogen-bond acceptors (Lipinski definition) is 5. The van der Waals surface area contributed by atoms with Gasteiger partial charge < -0.3 is 13.9 Å². The van der Waals surface area contributed by atoms with Gasteiger partial charge in [0, 0.05) is 13.1 Å². The van der Waals surface area contributed by atoms with Gasteiger partial charge in [0.25, 0.3) is 0 Å². The topological polar surface area (TPSA) is 51.9 Å². The molecule has 0 saturated heterocycles. The van der Waals surface area contributed by atoms with E-state index in [9.17, 15) is 18.0 Å². The largest absolute Gasteiger partial charge is 0.497 e. The van der Waals surface area contributed by atoms with E-state index >= 15 is 0 Å². The van der Waals surface area contributed by atoms with Crippen molar-refractivity contribution in [3.8, 4) is 22.6 Å². The Morgan fingerprint density at radius 2 is 1.84 bits per heavy atom. The molecule has 4 rings (SSSR count). The fraction of sp³-hybridized carbons (Fsp3) is 0.348. The van der Waals surface area contributed by atoms with Crippen LogP contribution in [0, 0.1) is 5.92 Å². The molecule has 0 bridgehead atoms. The number of ether oxygens (including phenoxy) is 2. The van der Waals surface area contributed by atoms with Gasteiger partial charge in [-0.05, 0) is 35.7 Å². The molecule has 0 fully saturated rings. The highest BCUT2D eigenvalue weighted by atomic mass is 19.4. The molecule has 31 heavy (non-hydrogen) atoms. The Hall–Kier alpha value is -3.00. The standard InChI is InChI=1S/C23H22F3NO4/c1-13(2)10-27-11-17-18(30-12-27)9-8-16-20(28)19(14-4-6-15(29-3)7-5-14)22(23(24,25)26)31-21(16)17/h4-9,13H,10-12H2,1-3H3. The Balaban J connectivity index is 1.94. The minimum atomic E-state index is -4.85. The van der Waals surface area contributed by atoms with Crippen molar-refractivity contribution < 1.29 is 27.1 Å². The lowest BCUT2D eigenvalue weighted by Gasteiger charge is -2.30. The summed E-state index contributed by atoms with van der Waals surface area (Å²) in [7, 11) is 1.45. The Morgan fingerprint density at radius 3 is 2.45 bits per heavy atom. The van der Waals surface area contributed by atoms with Crippen LogP contribution in [0.25, 0.3) is 22.1 Å².